The summed E-state index contributed by atoms with van der Waals surface area (Å²) in [5.41, 5.74) is 0.359. The summed E-state index contributed by atoms with van der Waals surface area (Å²) in [4.78, 5) is 23.2. The molecule has 1 aromatic heterocycles. The van der Waals surface area contributed by atoms with Crippen molar-refractivity contribution in [1.82, 2.24) is 10.2 Å². The Bertz CT molecular complexity index is 1040. The first kappa shape index (κ1) is 19.4. The molecule has 1 heterocycles. The zero-order chi connectivity index (χ0) is 20.1. The first-order chi connectivity index (χ1) is 13.5. The summed E-state index contributed by atoms with van der Waals surface area (Å²) in [7, 11) is 3.07. The number of nitrogens with zero attached hydrogens (tertiary/aromatic N) is 2. The highest BCUT2D eigenvalue weighted by molar-refractivity contribution is 8.00. The van der Waals surface area contributed by atoms with Crippen molar-refractivity contribution in [2.75, 3.05) is 25.3 Å². The maximum absolute atomic E-state index is 12.3. The summed E-state index contributed by atoms with van der Waals surface area (Å²) in [6.45, 7) is 0. The zero-order valence-electron chi connectivity index (χ0n) is 15.1. The monoisotopic (exact) mass is 398 g/mol. The van der Waals surface area contributed by atoms with Crippen LogP contribution in [0.1, 0.15) is 10.4 Å². The van der Waals surface area contributed by atoms with Crippen molar-refractivity contribution in [1.29, 1.82) is 0 Å². The molecule has 2 aromatic carbocycles. The molecule has 0 radical (unpaired) electrons. The van der Waals surface area contributed by atoms with Gasteiger partial charge in [-0.25, -0.2) is 0 Å². The van der Waals surface area contributed by atoms with Gasteiger partial charge in [0.05, 0.1) is 37.5 Å². The number of nitrogens with one attached hydrogen (secondary N) is 1. The average molecular weight is 398 g/mol. The van der Waals surface area contributed by atoms with Gasteiger partial charge >= 0.3 is 0 Å². The predicted molar refractivity (Wildman–Crippen MR) is 103 cm³/mol. The minimum Gasteiger partial charge on any atom is -0.545 e. The van der Waals surface area contributed by atoms with Gasteiger partial charge in [0.25, 0.3) is 0 Å². The number of rotatable bonds is 7. The number of hydrogen-bond donors (Lipinski definition) is 1. The Hall–Kier alpha value is -3.33. The Labute approximate surface area is 164 Å². The van der Waals surface area contributed by atoms with Crippen molar-refractivity contribution in [3.05, 3.63) is 48.2 Å². The minimum atomic E-state index is -1.31. The summed E-state index contributed by atoms with van der Waals surface area (Å²) in [6.07, 6.45) is 1.60. The molecule has 9 heteroatoms. The van der Waals surface area contributed by atoms with E-state index in [4.69, 9.17) is 9.47 Å². The molecule has 0 saturated heterocycles. The molecule has 0 unspecified atom stereocenters. The van der Waals surface area contributed by atoms with E-state index in [1.807, 2.05) is 6.07 Å². The molecule has 0 saturated carbocycles. The van der Waals surface area contributed by atoms with Crippen LogP contribution in [0.2, 0.25) is 0 Å². The normalized spacial score (nSPS) is 10.5. The molecule has 0 fully saturated rings. The maximum atomic E-state index is 12.3. The van der Waals surface area contributed by atoms with E-state index < -0.39 is 5.97 Å². The third-order valence-corrected chi connectivity index (χ3v) is 4.82. The molecule has 0 atom stereocenters. The highest BCUT2D eigenvalue weighted by atomic mass is 32.2. The lowest BCUT2D eigenvalue weighted by Gasteiger charge is -2.12. The number of benzene rings is 2. The van der Waals surface area contributed by atoms with Gasteiger partial charge in [0.1, 0.15) is 5.03 Å². The van der Waals surface area contributed by atoms with E-state index in [1.165, 1.54) is 37.1 Å². The van der Waals surface area contributed by atoms with E-state index >= 15 is 0 Å². The van der Waals surface area contributed by atoms with Gasteiger partial charge in [-0.2, -0.15) is 5.10 Å². The van der Waals surface area contributed by atoms with E-state index in [1.54, 1.807) is 25.4 Å². The molecular weight excluding hydrogens is 382 g/mol. The second-order valence-corrected chi connectivity index (χ2v) is 6.58. The SMILES string of the molecule is COc1ccc2cnnc(SCC(=O)Nc3cccc(C(=O)[O-])c3)c2c1OC. The number of anilines is 1. The van der Waals surface area contributed by atoms with Gasteiger partial charge < -0.3 is 24.7 Å². The summed E-state index contributed by atoms with van der Waals surface area (Å²) in [6, 6.07) is 9.46. The average Bonchev–Trinajstić information content (AvgIpc) is 2.71. The quantitative estimate of drug-likeness (QED) is 0.599. The molecule has 0 bridgehead atoms. The number of ether oxygens (including phenoxy) is 2. The van der Waals surface area contributed by atoms with Gasteiger partial charge in [-0.3, -0.25) is 4.79 Å². The van der Waals surface area contributed by atoms with Crippen molar-refractivity contribution >= 4 is 40.1 Å². The van der Waals surface area contributed by atoms with Crippen LogP contribution in [0.15, 0.2) is 47.6 Å². The van der Waals surface area contributed by atoms with Crippen molar-refractivity contribution < 1.29 is 24.2 Å². The number of aromatic nitrogens is 2. The standard InChI is InChI=1S/C19H17N3O5S/c1-26-14-7-6-12-9-20-22-18(16(12)17(14)27-2)28-10-15(23)21-13-5-3-4-11(8-13)19(24)25/h3-9H,10H2,1-2H3,(H,21,23)(H,24,25)/p-1. The lowest BCUT2D eigenvalue weighted by Crippen LogP contribution is -2.22. The van der Waals surface area contributed by atoms with Crippen LogP contribution in [0.5, 0.6) is 11.5 Å². The van der Waals surface area contributed by atoms with Gasteiger partial charge in [-0.05, 0) is 29.8 Å². The van der Waals surface area contributed by atoms with Crippen molar-refractivity contribution in [2.24, 2.45) is 0 Å². The molecule has 0 aliphatic carbocycles. The van der Waals surface area contributed by atoms with Gasteiger partial charge in [0.2, 0.25) is 5.91 Å². The third kappa shape index (κ3) is 4.15. The molecular formula is C19H16N3O5S-. The van der Waals surface area contributed by atoms with Crippen molar-refractivity contribution in [3.8, 4) is 11.5 Å². The maximum Gasteiger partial charge on any atom is 0.234 e. The van der Waals surface area contributed by atoms with E-state index in [0.717, 1.165) is 5.39 Å². The highest BCUT2D eigenvalue weighted by Gasteiger charge is 2.16. The Morgan fingerprint density at radius 1 is 1.18 bits per heavy atom. The summed E-state index contributed by atoms with van der Waals surface area (Å²) in [5.74, 6) is -0.518. The predicted octanol–water partition coefficient (Wildman–Crippen LogP) is 1.74. The topological polar surface area (TPSA) is 113 Å². The van der Waals surface area contributed by atoms with Crippen LogP contribution in [0.3, 0.4) is 0 Å². The van der Waals surface area contributed by atoms with Gasteiger partial charge in [-0.1, -0.05) is 23.9 Å². The molecule has 0 spiro atoms. The Morgan fingerprint density at radius 2 is 2.00 bits per heavy atom. The van der Waals surface area contributed by atoms with Crippen molar-refractivity contribution in [3.63, 3.8) is 0 Å². The second kappa shape index (κ2) is 8.57. The number of thioether (sulfide) groups is 1. The number of carboxylic acid groups (broad SMARTS) is 1. The molecule has 3 rings (SSSR count). The van der Waals surface area contributed by atoms with Crippen molar-refractivity contribution in [2.45, 2.75) is 5.03 Å². The number of carbonyl (C=O) groups is 2. The molecule has 3 aromatic rings. The number of aromatic carboxylic acids is 1. The fourth-order valence-corrected chi connectivity index (χ4v) is 3.42. The van der Waals surface area contributed by atoms with E-state index in [-0.39, 0.29) is 17.2 Å². The number of methoxy groups -OCH3 is 2. The van der Waals surface area contributed by atoms with Crippen LogP contribution >= 0.6 is 11.8 Å². The third-order valence-electron chi connectivity index (χ3n) is 3.86. The Kier molecular flexibility index (Phi) is 5.95. The molecule has 0 aliphatic heterocycles. The first-order valence-corrected chi connectivity index (χ1v) is 9.12. The molecule has 1 N–H and O–H groups in total. The summed E-state index contributed by atoms with van der Waals surface area (Å²) in [5, 5.41) is 23.7. The Morgan fingerprint density at radius 3 is 2.71 bits per heavy atom. The van der Waals surface area contributed by atoms with Crippen LogP contribution in [-0.4, -0.2) is 42.0 Å². The largest absolute Gasteiger partial charge is 0.545 e. The number of hydrogen-bond acceptors (Lipinski definition) is 8. The number of carbonyl (C=O) groups excluding carboxylic acids is 2. The number of fused-ring (bicyclic) bond motifs is 1. The minimum absolute atomic E-state index is 0.0118. The van der Waals surface area contributed by atoms with E-state index in [0.29, 0.717) is 27.6 Å². The van der Waals surface area contributed by atoms with Gasteiger partial charge in [0, 0.05) is 11.1 Å². The summed E-state index contributed by atoms with van der Waals surface area (Å²) < 4.78 is 10.8. The van der Waals surface area contributed by atoms with Crippen LogP contribution in [0.4, 0.5) is 5.69 Å². The molecule has 1 amide bonds. The fourth-order valence-electron chi connectivity index (χ4n) is 2.62. The first-order valence-electron chi connectivity index (χ1n) is 8.14. The Balaban J connectivity index is 1.79. The lowest BCUT2D eigenvalue weighted by molar-refractivity contribution is -0.255. The molecule has 144 valence electrons. The highest BCUT2D eigenvalue weighted by Crippen LogP contribution is 2.39. The fraction of sp³-hybridized carbons (Fsp3) is 0.158. The van der Waals surface area contributed by atoms with Crippen LogP contribution in [-0.2, 0) is 4.79 Å². The molecule has 8 nitrogen and oxygen atoms in total. The molecule has 28 heavy (non-hydrogen) atoms. The molecule has 0 aliphatic rings. The lowest BCUT2D eigenvalue weighted by atomic mass is 10.2. The number of amides is 1. The van der Waals surface area contributed by atoms with Crippen LogP contribution in [0.25, 0.3) is 10.8 Å². The second-order valence-electron chi connectivity index (χ2n) is 5.62. The number of carboxylic acids is 1. The summed E-state index contributed by atoms with van der Waals surface area (Å²) >= 11 is 1.19. The van der Waals surface area contributed by atoms with Crippen LogP contribution in [0, 0.1) is 0 Å². The zero-order valence-corrected chi connectivity index (χ0v) is 15.9. The van der Waals surface area contributed by atoms with E-state index in [9.17, 15) is 14.7 Å². The van der Waals surface area contributed by atoms with E-state index in [2.05, 4.69) is 15.5 Å². The van der Waals surface area contributed by atoms with Gasteiger partial charge in [-0.15, -0.1) is 5.10 Å². The smallest absolute Gasteiger partial charge is 0.234 e. The van der Waals surface area contributed by atoms with Crippen LogP contribution < -0.4 is 19.9 Å². The van der Waals surface area contributed by atoms with Gasteiger partial charge in [0.15, 0.2) is 11.5 Å².